The Hall–Kier alpha value is -2.81. The smallest absolute Gasteiger partial charge is 0.271 e. The average Bonchev–Trinajstić information content (AvgIpc) is 3.23. The molecule has 1 atom stereocenters. The number of rotatable bonds is 5. The molecule has 154 valence electrons. The molecule has 2 aromatic rings. The van der Waals surface area contributed by atoms with Crippen molar-refractivity contribution < 1.29 is 9.72 Å². The number of nitro benzene ring substituents is 1. The lowest BCUT2D eigenvalue weighted by molar-refractivity contribution is -0.384. The van der Waals surface area contributed by atoms with Crippen molar-refractivity contribution in [3.05, 3.63) is 45.5 Å². The highest BCUT2D eigenvalue weighted by molar-refractivity contribution is 5.93. The maximum absolute atomic E-state index is 12.7. The molecule has 9 heteroatoms. The van der Waals surface area contributed by atoms with Gasteiger partial charge in [-0.3, -0.25) is 19.8 Å². The van der Waals surface area contributed by atoms with E-state index < -0.39 is 4.92 Å². The second kappa shape index (κ2) is 8.28. The van der Waals surface area contributed by atoms with Gasteiger partial charge in [-0.1, -0.05) is 12.5 Å². The van der Waals surface area contributed by atoms with Crippen LogP contribution in [0.25, 0.3) is 0 Å². The number of carbonyl (C=O) groups is 1. The molecule has 29 heavy (non-hydrogen) atoms. The van der Waals surface area contributed by atoms with Crippen LogP contribution in [0.4, 0.5) is 11.4 Å². The van der Waals surface area contributed by atoms with Gasteiger partial charge >= 0.3 is 0 Å². The molecule has 1 aromatic heterocycles. The van der Waals surface area contributed by atoms with E-state index >= 15 is 0 Å². The number of nitro groups is 1. The van der Waals surface area contributed by atoms with Crippen molar-refractivity contribution in [2.75, 3.05) is 18.4 Å². The quantitative estimate of drug-likeness (QED) is 0.613. The highest BCUT2D eigenvalue weighted by Gasteiger charge is 2.32. The lowest BCUT2D eigenvalue weighted by Gasteiger charge is -2.24. The van der Waals surface area contributed by atoms with Gasteiger partial charge in [-0.2, -0.15) is 0 Å². The van der Waals surface area contributed by atoms with E-state index in [1.165, 1.54) is 18.6 Å². The second-order valence-corrected chi connectivity index (χ2v) is 7.87. The number of aromatic nitrogens is 3. The molecule has 1 fully saturated rings. The Morgan fingerprint density at radius 2 is 2.10 bits per heavy atom. The number of carbonyl (C=O) groups excluding carboxylic acids is 1. The summed E-state index contributed by atoms with van der Waals surface area (Å²) in [5.74, 6) is 1.86. The fourth-order valence-electron chi connectivity index (χ4n) is 4.29. The Bertz CT molecular complexity index is 925. The third-order valence-corrected chi connectivity index (χ3v) is 5.85. The molecule has 1 saturated heterocycles. The Labute approximate surface area is 169 Å². The largest absolute Gasteiger partial charge is 0.324 e. The van der Waals surface area contributed by atoms with Crippen LogP contribution in [-0.4, -0.2) is 43.6 Å². The van der Waals surface area contributed by atoms with E-state index in [-0.39, 0.29) is 24.2 Å². The standard InChI is InChI=1S/C20H26N6O3/c1-14-8-9-15(26(28)29)12-16(14)21-19(27)13-24-10-5-6-17(24)20-23-22-18-7-3-2-4-11-25(18)20/h8-9,12,17H,2-7,10-11,13H2,1H3,(H,21,27). The number of nitrogens with one attached hydrogen (secondary N) is 1. The summed E-state index contributed by atoms with van der Waals surface area (Å²) in [5, 5.41) is 22.7. The summed E-state index contributed by atoms with van der Waals surface area (Å²) >= 11 is 0. The summed E-state index contributed by atoms with van der Waals surface area (Å²) in [4.78, 5) is 25.4. The molecule has 1 unspecified atom stereocenters. The number of hydrogen-bond donors (Lipinski definition) is 1. The third kappa shape index (κ3) is 4.14. The van der Waals surface area contributed by atoms with Crippen LogP contribution in [0.1, 0.15) is 55.4 Å². The molecule has 1 N–H and O–H groups in total. The number of amides is 1. The molecule has 1 amide bonds. The Kier molecular flexibility index (Phi) is 5.57. The number of aryl methyl sites for hydroxylation is 2. The first-order chi connectivity index (χ1) is 14.0. The lowest BCUT2D eigenvalue weighted by Crippen LogP contribution is -2.34. The van der Waals surface area contributed by atoms with Crippen molar-refractivity contribution in [1.82, 2.24) is 19.7 Å². The van der Waals surface area contributed by atoms with Gasteiger partial charge in [0.05, 0.1) is 23.2 Å². The van der Waals surface area contributed by atoms with Gasteiger partial charge in [-0.15, -0.1) is 10.2 Å². The predicted molar refractivity (Wildman–Crippen MR) is 108 cm³/mol. The van der Waals surface area contributed by atoms with Crippen molar-refractivity contribution >= 4 is 17.3 Å². The van der Waals surface area contributed by atoms with E-state index in [9.17, 15) is 14.9 Å². The molecule has 0 bridgehead atoms. The molecule has 0 saturated carbocycles. The molecule has 0 aliphatic carbocycles. The normalized spacial score (nSPS) is 19.6. The number of likely N-dealkylation sites (tertiary alicyclic amines) is 1. The Balaban J connectivity index is 1.47. The molecule has 0 radical (unpaired) electrons. The predicted octanol–water partition coefficient (Wildman–Crippen LogP) is 3.00. The number of benzene rings is 1. The molecule has 2 aliphatic heterocycles. The molecule has 4 rings (SSSR count). The zero-order valence-electron chi connectivity index (χ0n) is 16.6. The van der Waals surface area contributed by atoms with E-state index in [4.69, 9.17) is 0 Å². The van der Waals surface area contributed by atoms with Gasteiger partial charge in [0.2, 0.25) is 5.91 Å². The first kappa shape index (κ1) is 19.5. The van der Waals surface area contributed by atoms with Crippen molar-refractivity contribution in [1.29, 1.82) is 0 Å². The van der Waals surface area contributed by atoms with Crippen molar-refractivity contribution in [2.45, 2.75) is 58.0 Å². The van der Waals surface area contributed by atoms with Crippen LogP contribution < -0.4 is 5.32 Å². The summed E-state index contributed by atoms with van der Waals surface area (Å²) in [6.45, 7) is 3.83. The van der Waals surface area contributed by atoms with Gasteiger partial charge in [0.1, 0.15) is 11.6 Å². The average molecular weight is 398 g/mol. The number of hydrogen-bond acceptors (Lipinski definition) is 6. The highest BCUT2D eigenvalue weighted by Crippen LogP contribution is 2.32. The molecule has 0 spiro atoms. The summed E-state index contributed by atoms with van der Waals surface area (Å²) in [7, 11) is 0. The van der Waals surface area contributed by atoms with Crippen LogP contribution in [0.2, 0.25) is 0 Å². The van der Waals surface area contributed by atoms with E-state index in [1.807, 2.05) is 6.92 Å². The third-order valence-electron chi connectivity index (χ3n) is 5.85. The molecular formula is C20H26N6O3. The lowest BCUT2D eigenvalue weighted by atomic mass is 10.1. The summed E-state index contributed by atoms with van der Waals surface area (Å²) in [6, 6.07) is 4.59. The second-order valence-electron chi connectivity index (χ2n) is 7.87. The SMILES string of the molecule is Cc1ccc([N+](=O)[O-])cc1NC(=O)CN1CCCC1c1nnc2n1CCCCC2. The zero-order chi connectivity index (χ0) is 20.4. The fraction of sp³-hybridized carbons (Fsp3) is 0.550. The topological polar surface area (TPSA) is 106 Å². The van der Waals surface area contributed by atoms with Crippen molar-refractivity contribution in [2.24, 2.45) is 0 Å². The van der Waals surface area contributed by atoms with E-state index in [0.717, 1.165) is 62.4 Å². The van der Waals surface area contributed by atoms with Crippen molar-refractivity contribution in [3.63, 3.8) is 0 Å². The van der Waals surface area contributed by atoms with Gasteiger partial charge in [0.15, 0.2) is 0 Å². The summed E-state index contributed by atoms with van der Waals surface area (Å²) in [6.07, 6.45) is 6.43. The zero-order valence-corrected chi connectivity index (χ0v) is 16.6. The Morgan fingerprint density at radius 1 is 1.24 bits per heavy atom. The van der Waals surface area contributed by atoms with Crippen molar-refractivity contribution in [3.8, 4) is 0 Å². The summed E-state index contributed by atoms with van der Waals surface area (Å²) in [5.41, 5.74) is 1.25. The fourth-order valence-corrected chi connectivity index (χ4v) is 4.29. The molecular weight excluding hydrogens is 372 g/mol. The van der Waals surface area contributed by atoms with Crippen LogP contribution in [0.15, 0.2) is 18.2 Å². The monoisotopic (exact) mass is 398 g/mol. The van der Waals surface area contributed by atoms with Gasteiger partial charge in [0, 0.05) is 25.1 Å². The number of fused-ring (bicyclic) bond motifs is 1. The number of anilines is 1. The van der Waals surface area contributed by atoms with E-state index in [0.29, 0.717) is 5.69 Å². The van der Waals surface area contributed by atoms with Gasteiger partial charge in [-0.25, -0.2) is 0 Å². The molecule has 9 nitrogen and oxygen atoms in total. The summed E-state index contributed by atoms with van der Waals surface area (Å²) < 4.78 is 2.25. The molecule has 3 heterocycles. The highest BCUT2D eigenvalue weighted by atomic mass is 16.6. The first-order valence-corrected chi connectivity index (χ1v) is 10.2. The molecule has 2 aliphatic rings. The van der Waals surface area contributed by atoms with Crippen LogP contribution >= 0.6 is 0 Å². The van der Waals surface area contributed by atoms with Crippen LogP contribution in [-0.2, 0) is 17.8 Å². The Morgan fingerprint density at radius 3 is 2.93 bits per heavy atom. The molecule has 1 aromatic carbocycles. The van der Waals surface area contributed by atoms with Gasteiger partial charge in [-0.05, 0) is 44.7 Å². The minimum atomic E-state index is -0.456. The first-order valence-electron chi connectivity index (χ1n) is 10.2. The number of non-ortho nitro benzene ring substituents is 1. The minimum absolute atomic E-state index is 0.0314. The van der Waals surface area contributed by atoms with E-state index in [2.05, 4.69) is 25.0 Å². The van der Waals surface area contributed by atoms with Gasteiger partial charge in [0.25, 0.3) is 5.69 Å². The minimum Gasteiger partial charge on any atom is -0.324 e. The van der Waals surface area contributed by atoms with Crippen LogP contribution in [0.5, 0.6) is 0 Å². The maximum Gasteiger partial charge on any atom is 0.271 e. The maximum atomic E-state index is 12.7. The number of nitrogens with zero attached hydrogens (tertiary/aromatic N) is 5. The van der Waals surface area contributed by atoms with Crippen LogP contribution in [0.3, 0.4) is 0 Å². The van der Waals surface area contributed by atoms with Gasteiger partial charge < -0.3 is 9.88 Å². The van der Waals surface area contributed by atoms with E-state index in [1.54, 1.807) is 6.07 Å². The van der Waals surface area contributed by atoms with Crippen LogP contribution in [0, 0.1) is 17.0 Å².